The fourth-order valence-corrected chi connectivity index (χ4v) is 1.76. The van der Waals surface area contributed by atoms with Crippen molar-refractivity contribution < 1.29 is 14.8 Å². The van der Waals surface area contributed by atoms with Crippen molar-refractivity contribution in [3.8, 4) is 0 Å². The van der Waals surface area contributed by atoms with E-state index in [1.54, 1.807) is 7.11 Å². The molecule has 72 valence electrons. The number of rotatable bonds is 2. The first-order valence-electron chi connectivity index (χ1n) is 4.37. The number of hydrogen-bond donors (Lipinski definition) is 2. The lowest BCUT2D eigenvalue weighted by Gasteiger charge is -2.21. The zero-order valence-electron chi connectivity index (χ0n) is 8.29. The van der Waals surface area contributed by atoms with Crippen molar-refractivity contribution in [2.75, 3.05) is 7.11 Å². The number of hydrogen-bond acceptors (Lipinski definition) is 3. The minimum absolute atomic E-state index is 0.614. The average molecular weight is 182 g/mol. The van der Waals surface area contributed by atoms with Crippen LogP contribution in [0.3, 0.4) is 0 Å². The third-order valence-corrected chi connectivity index (χ3v) is 2.51. The van der Waals surface area contributed by atoms with Gasteiger partial charge < -0.3 is 14.8 Å². The summed E-state index contributed by atoms with van der Waals surface area (Å²) in [6.07, 6.45) is 1.69. The summed E-state index contributed by atoms with van der Waals surface area (Å²) in [6.45, 7) is 3.78. The monoisotopic (exact) mass is 182 g/mol. The van der Waals surface area contributed by atoms with Gasteiger partial charge in [-0.15, -0.1) is 0 Å². The van der Waals surface area contributed by atoms with Crippen LogP contribution in [-0.2, 0) is 4.74 Å². The van der Waals surface area contributed by atoms with Gasteiger partial charge in [0, 0.05) is 6.42 Å². The van der Waals surface area contributed by atoms with E-state index in [0.717, 1.165) is 29.7 Å². The molecule has 0 aliphatic heterocycles. The zero-order valence-corrected chi connectivity index (χ0v) is 8.29. The molecule has 2 N–H and O–H groups in total. The van der Waals surface area contributed by atoms with Gasteiger partial charge in [0.2, 0.25) is 0 Å². The minimum atomic E-state index is -1.38. The first-order valence-corrected chi connectivity index (χ1v) is 4.37. The Bertz CT molecular complexity index is 266. The van der Waals surface area contributed by atoms with Crippen LogP contribution in [0.15, 0.2) is 22.4 Å². The van der Waals surface area contributed by atoms with Gasteiger partial charge >= 0.3 is 7.12 Å². The molecule has 0 aromatic heterocycles. The Hall–Kier alpha value is -0.735. The molecule has 0 saturated heterocycles. The molecule has 0 bridgehead atoms. The molecule has 0 atom stereocenters. The third kappa shape index (κ3) is 1.95. The topological polar surface area (TPSA) is 49.7 Å². The molecule has 0 radical (unpaired) electrons. The lowest BCUT2D eigenvalue weighted by Crippen LogP contribution is -2.21. The summed E-state index contributed by atoms with van der Waals surface area (Å²) in [5, 5.41) is 18.3. The zero-order chi connectivity index (χ0) is 10.0. The maximum Gasteiger partial charge on any atom is 0.488 e. The van der Waals surface area contributed by atoms with E-state index in [4.69, 9.17) is 14.8 Å². The molecule has 0 saturated carbocycles. The van der Waals surface area contributed by atoms with Crippen LogP contribution in [-0.4, -0.2) is 24.3 Å². The Labute approximate surface area is 78.9 Å². The summed E-state index contributed by atoms with van der Waals surface area (Å²) in [6, 6.07) is 0. The van der Waals surface area contributed by atoms with Crippen LogP contribution >= 0.6 is 0 Å². The molecule has 13 heavy (non-hydrogen) atoms. The third-order valence-electron chi connectivity index (χ3n) is 2.51. The molecular formula is C9H15BO3. The van der Waals surface area contributed by atoms with Crippen LogP contribution in [0.4, 0.5) is 0 Å². The maximum absolute atomic E-state index is 9.14. The molecule has 0 amide bonds. The summed E-state index contributed by atoms with van der Waals surface area (Å²) < 4.78 is 5.16. The predicted octanol–water partition coefficient (Wildman–Crippen LogP) is 1.03. The highest BCUT2D eigenvalue weighted by Crippen LogP contribution is 2.30. The van der Waals surface area contributed by atoms with Crippen molar-refractivity contribution in [2.24, 2.45) is 0 Å². The Morgan fingerprint density at radius 2 is 1.85 bits per heavy atom. The van der Waals surface area contributed by atoms with Crippen LogP contribution in [0.25, 0.3) is 0 Å². The summed E-state index contributed by atoms with van der Waals surface area (Å²) in [5.41, 5.74) is 2.51. The Kier molecular flexibility index (Phi) is 3.17. The fraction of sp³-hybridized carbons (Fsp3) is 0.556. The SMILES string of the molecule is COC1=C(C)C(B(O)O)=C(C)CC1. The fourth-order valence-electron chi connectivity index (χ4n) is 1.76. The van der Waals surface area contributed by atoms with Crippen molar-refractivity contribution in [1.82, 2.24) is 0 Å². The van der Waals surface area contributed by atoms with Gasteiger partial charge in [-0.1, -0.05) is 5.57 Å². The molecule has 0 aromatic rings. The van der Waals surface area contributed by atoms with Gasteiger partial charge in [-0.05, 0) is 31.3 Å². The highest BCUT2D eigenvalue weighted by atomic mass is 16.5. The van der Waals surface area contributed by atoms with Crippen molar-refractivity contribution >= 4 is 7.12 Å². The van der Waals surface area contributed by atoms with Crippen LogP contribution in [0.5, 0.6) is 0 Å². The molecular weight excluding hydrogens is 167 g/mol. The van der Waals surface area contributed by atoms with E-state index >= 15 is 0 Å². The lowest BCUT2D eigenvalue weighted by molar-refractivity contribution is 0.270. The summed E-state index contributed by atoms with van der Waals surface area (Å²) >= 11 is 0. The largest absolute Gasteiger partial charge is 0.501 e. The summed E-state index contributed by atoms with van der Waals surface area (Å²) in [5.74, 6) is 0.855. The molecule has 1 aliphatic carbocycles. The van der Waals surface area contributed by atoms with Gasteiger partial charge in [-0.25, -0.2) is 0 Å². The maximum atomic E-state index is 9.14. The van der Waals surface area contributed by atoms with Gasteiger partial charge in [0.1, 0.15) is 0 Å². The number of methoxy groups -OCH3 is 1. The van der Waals surface area contributed by atoms with Crippen molar-refractivity contribution in [2.45, 2.75) is 26.7 Å². The normalized spacial score (nSPS) is 17.9. The van der Waals surface area contributed by atoms with Crippen LogP contribution < -0.4 is 0 Å². The molecule has 1 aliphatic rings. The van der Waals surface area contributed by atoms with Gasteiger partial charge in [0.15, 0.2) is 0 Å². The predicted molar refractivity (Wildman–Crippen MR) is 51.8 cm³/mol. The van der Waals surface area contributed by atoms with Gasteiger partial charge in [-0.2, -0.15) is 0 Å². The summed E-state index contributed by atoms with van der Waals surface area (Å²) in [7, 11) is 0.228. The number of ether oxygens (including phenoxy) is 1. The molecule has 4 heteroatoms. The van der Waals surface area contributed by atoms with E-state index in [1.165, 1.54) is 0 Å². The van der Waals surface area contributed by atoms with Crippen molar-refractivity contribution in [1.29, 1.82) is 0 Å². The molecule has 0 spiro atoms. The van der Waals surface area contributed by atoms with E-state index in [1.807, 2.05) is 13.8 Å². The Morgan fingerprint density at radius 3 is 2.31 bits per heavy atom. The lowest BCUT2D eigenvalue weighted by atomic mass is 9.69. The van der Waals surface area contributed by atoms with Gasteiger partial charge in [0.25, 0.3) is 0 Å². The Morgan fingerprint density at radius 1 is 1.23 bits per heavy atom. The quantitative estimate of drug-likeness (QED) is 0.627. The first kappa shape index (κ1) is 10.3. The molecule has 3 nitrogen and oxygen atoms in total. The highest BCUT2D eigenvalue weighted by Gasteiger charge is 2.25. The highest BCUT2D eigenvalue weighted by molar-refractivity contribution is 6.52. The first-order chi connectivity index (χ1) is 6.07. The van der Waals surface area contributed by atoms with E-state index in [2.05, 4.69) is 0 Å². The van der Waals surface area contributed by atoms with Gasteiger partial charge in [0.05, 0.1) is 12.9 Å². The van der Waals surface area contributed by atoms with Crippen LogP contribution in [0.2, 0.25) is 0 Å². The molecule has 0 fully saturated rings. The minimum Gasteiger partial charge on any atom is -0.501 e. The van der Waals surface area contributed by atoms with Crippen molar-refractivity contribution in [3.05, 3.63) is 22.4 Å². The number of allylic oxidation sites excluding steroid dienone is 4. The van der Waals surface area contributed by atoms with Crippen molar-refractivity contribution in [3.63, 3.8) is 0 Å². The van der Waals surface area contributed by atoms with E-state index in [-0.39, 0.29) is 0 Å². The smallest absolute Gasteiger partial charge is 0.488 e. The molecule has 0 aromatic carbocycles. The average Bonchev–Trinajstić information content (AvgIpc) is 2.04. The van der Waals surface area contributed by atoms with E-state index in [9.17, 15) is 0 Å². The van der Waals surface area contributed by atoms with E-state index in [0.29, 0.717) is 5.47 Å². The van der Waals surface area contributed by atoms with Crippen LogP contribution in [0.1, 0.15) is 26.7 Å². The summed E-state index contributed by atoms with van der Waals surface area (Å²) in [4.78, 5) is 0. The molecule has 0 unspecified atom stereocenters. The molecule has 1 rings (SSSR count). The Balaban J connectivity index is 3.07. The van der Waals surface area contributed by atoms with E-state index < -0.39 is 7.12 Å². The second-order valence-electron chi connectivity index (χ2n) is 3.32. The molecule has 0 heterocycles. The van der Waals surface area contributed by atoms with Gasteiger partial charge in [-0.3, -0.25) is 0 Å². The second kappa shape index (κ2) is 3.98. The van der Waals surface area contributed by atoms with Crippen LogP contribution in [0, 0.1) is 0 Å². The second-order valence-corrected chi connectivity index (χ2v) is 3.32. The standard InChI is InChI=1S/C9H15BO3/c1-6-4-5-8(13-3)7(2)9(6)10(11)12/h11-12H,4-5H2,1-3H3.